The van der Waals surface area contributed by atoms with Gasteiger partial charge in [-0.3, -0.25) is 0 Å². The van der Waals surface area contributed by atoms with Crippen LogP contribution in [-0.4, -0.2) is 17.8 Å². The fourth-order valence-electron chi connectivity index (χ4n) is 2.30. The molecule has 3 nitrogen and oxygen atoms in total. The summed E-state index contributed by atoms with van der Waals surface area (Å²) in [5, 5.41) is 0. The van der Waals surface area contributed by atoms with Gasteiger partial charge in [-0.15, -0.1) is 11.3 Å². The Morgan fingerprint density at radius 1 is 1.33 bits per heavy atom. The van der Waals surface area contributed by atoms with Crippen LogP contribution in [0.1, 0.15) is 21.8 Å². The Hall–Kier alpha value is -1.59. The van der Waals surface area contributed by atoms with Gasteiger partial charge in [0.15, 0.2) is 0 Å². The van der Waals surface area contributed by atoms with Crippen molar-refractivity contribution in [3.05, 3.63) is 61.3 Å². The molecule has 2 aromatic heterocycles. The van der Waals surface area contributed by atoms with Crippen molar-refractivity contribution in [2.45, 2.75) is 13.8 Å². The van der Waals surface area contributed by atoms with E-state index in [0.29, 0.717) is 0 Å². The highest BCUT2D eigenvalue weighted by Crippen LogP contribution is 2.30. The van der Waals surface area contributed by atoms with E-state index in [4.69, 9.17) is 9.73 Å². The van der Waals surface area contributed by atoms with Gasteiger partial charge in [0, 0.05) is 17.5 Å². The molecule has 0 atom stereocenters. The molecule has 0 fully saturated rings. The molecule has 3 heterocycles. The van der Waals surface area contributed by atoms with Crippen LogP contribution in [0.4, 0.5) is 0 Å². The summed E-state index contributed by atoms with van der Waals surface area (Å²) >= 11 is 5.15. The maximum absolute atomic E-state index is 5.46. The van der Waals surface area contributed by atoms with Crippen molar-refractivity contribution < 1.29 is 4.74 Å². The van der Waals surface area contributed by atoms with E-state index in [-0.39, 0.29) is 0 Å². The van der Waals surface area contributed by atoms with Gasteiger partial charge in [-0.25, -0.2) is 4.99 Å². The average Bonchev–Trinajstić information content (AvgIpc) is 3.10. The average molecular weight is 363 g/mol. The van der Waals surface area contributed by atoms with E-state index in [0.717, 1.165) is 37.2 Å². The lowest BCUT2D eigenvalue weighted by molar-refractivity contribution is 0.303. The van der Waals surface area contributed by atoms with Crippen molar-refractivity contribution in [2.24, 2.45) is 4.99 Å². The molecule has 0 amide bonds. The van der Waals surface area contributed by atoms with Gasteiger partial charge in [0.25, 0.3) is 0 Å². The molecule has 108 valence electrons. The van der Waals surface area contributed by atoms with E-state index in [2.05, 4.69) is 46.9 Å². The molecule has 0 aromatic carbocycles. The summed E-state index contributed by atoms with van der Waals surface area (Å²) in [6, 6.07) is 6.21. The molecule has 5 heteroatoms. The standard InChI is InChI=1S/C16H15BrN2OS/c1-9-6-10(2)18-11(9)7-12-14(20-3)8-13(19-12)15-4-5-16(17)21-15/h4-8,18H,1-3H3. The summed E-state index contributed by atoms with van der Waals surface area (Å²) < 4.78 is 6.56. The van der Waals surface area contributed by atoms with Gasteiger partial charge < -0.3 is 9.72 Å². The Bertz CT molecular complexity index is 780. The zero-order chi connectivity index (χ0) is 15.0. The maximum Gasteiger partial charge on any atom is 0.146 e. The first-order chi connectivity index (χ1) is 10.1. The molecule has 0 saturated carbocycles. The number of thiophene rings is 1. The molecule has 0 bridgehead atoms. The number of H-pyrrole nitrogens is 1. The lowest BCUT2D eigenvalue weighted by Crippen LogP contribution is -1.88. The predicted octanol–water partition coefficient (Wildman–Crippen LogP) is 4.83. The Balaban J connectivity index is 2.00. The summed E-state index contributed by atoms with van der Waals surface area (Å²) in [5.41, 5.74) is 5.21. The summed E-state index contributed by atoms with van der Waals surface area (Å²) in [6.07, 6.45) is 4.02. The smallest absolute Gasteiger partial charge is 0.146 e. The zero-order valence-corrected chi connectivity index (χ0v) is 14.4. The Labute approximate surface area is 136 Å². The van der Waals surface area contributed by atoms with Gasteiger partial charge in [0.2, 0.25) is 0 Å². The second kappa shape index (κ2) is 5.66. The normalized spacial score (nSPS) is 16.3. The first-order valence-corrected chi connectivity index (χ1v) is 8.16. The number of nitrogens with zero attached hydrogens (tertiary/aromatic N) is 1. The topological polar surface area (TPSA) is 37.4 Å². The molecule has 2 aromatic rings. The Morgan fingerprint density at radius 2 is 2.14 bits per heavy atom. The van der Waals surface area contributed by atoms with Crippen molar-refractivity contribution in [1.29, 1.82) is 0 Å². The summed E-state index contributed by atoms with van der Waals surface area (Å²) in [7, 11) is 1.68. The number of allylic oxidation sites excluding steroid dienone is 1. The third kappa shape index (κ3) is 2.89. The molecule has 0 saturated heterocycles. The monoisotopic (exact) mass is 362 g/mol. The number of hydrogen-bond donors (Lipinski definition) is 1. The largest absolute Gasteiger partial charge is 0.494 e. The second-order valence-electron chi connectivity index (χ2n) is 4.89. The molecule has 3 rings (SSSR count). The van der Waals surface area contributed by atoms with Crippen LogP contribution < -0.4 is 0 Å². The van der Waals surface area contributed by atoms with Gasteiger partial charge in [-0.05, 0) is 59.6 Å². The number of methoxy groups -OCH3 is 1. The highest BCUT2D eigenvalue weighted by molar-refractivity contribution is 9.11. The number of hydrogen-bond acceptors (Lipinski definition) is 3. The first-order valence-electron chi connectivity index (χ1n) is 6.55. The molecule has 0 unspecified atom stereocenters. The predicted molar refractivity (Wildman–Crippen MR) is 91.9 cm³/mol. The molecule has 0 aliphatic carbocycles. The van der Waals surface area contributed by atoms with E-state index < -0.39 is 0 Å². The molecule has 1 N–H and O–H groups in total. The quantitative estimate of drug-likeness (QED) is 0.833. The third-order valence-corrected chi connectivity index (χ3v) is 4.92. The molecule has 1 aliphatic rings. The summed E-state index contributed by atoms with van der Waals surface area (Å²) in [6.45, 7) is 4.14. The van der Waals surface area contributed by atoms with E-state index in [1.165, 1.54) is 5.56 Å². The van der Waals surface area contributed by atoms with Gasteiger partial charge >= 0.3 is 0 Å². The van der Waals surface area contributed by atoms with Crippen LogP contribution >= 0.6 is 27.3 Å². The number of rotatable bonds is 3. The Kier molecular flexibility index (Phi) is 3.87. The molecule has 0 radical (unpaired) electrons. The van der Waals surface area contributed by atoms with Crippen LogP contribution in [0.5, 0.6) is 0 Å². The van der Waals surface area contributed by atoms with E-state index in [1.54, 1.807) is 18.4 Å². The van der Waals surface area contributed by atoms with Crippen LogP contribution in [0.15, 0.2) is 44.5 Å². The number of aromatic amines is 1. The minimum Gasteiger partial charge on any atom is -0.494 e. The molecule has 0 spiro atoms. The van der Waals surface area contributed by atoms with Gasteiger partial charge in [-0.2, -0.15) is 0 Å². The minimum atomic E-state index is 0.793. The first kappa shape index (κ1) is 14.4. The molecular weight excluding hydrogens is 348 g/mol. The van der Waals surface area contributed by atoms with Crippen LogP contribution in [0.25, 0.3) is 6.08 Å². The number of aryl methyl sites for hydroxylation is 2. The highest BCUT2D eigenvalue weighted by Gasteiger charge is 2.18. The van der Waals surface area contributed by atoms with Crippen LogP contribution in [0.2, 0.25) is 0 Å². The number of aromatic nitrogens is 1. The van der Waals surface area contributed by atoms with Gasteiger partial charge in [0.05, 0.1) is 21.5 Å². The lowest BCUT2D eigenvalue weighted by Gasteiger charge is -2.01. The SMILES string of the molecule is COC1=CC(c2ccc(Br)s2)=NC1=Cc1[nH]c(C)cc1C. The van der Waals surface area contributed by atoms with Crippen LogP contribution in [0.3, 0.4) is 0 Å². The van der Waals surface area contributed by atoms with Crippen LogP contribution in [0, 0.1) is 13.8 Å². The fraction of sp³-hybridized carbons (Fsp3) is 0.188. The number of ether oxygens (including phenoxy) is 1. The minimum absolute atomic E-state index is 0.793. The molecule has 21 heavy (non-hydrogen) atoms. The van der Waals surface area contributed by atoms with E-state index >= 15 is 0 Å². The van der Waals surface area contributed by atoms with Crippen molar-refractivity contribution in [3.8, 4) is 0 Å². The number of nitrogens with one attached hydrogen (secondary N) is 1. The van der Waals surface area contributed by atoms with Crippen molar-refractivity contribution in [2.75, 3.05) is 7.11 Å². The summed E-state index contributed by atoms with van der Waals surface area (Å²) in [5.74, 6) is 0.793. The maximum atomic E-state index is 5.46. The zero-order valence-electron chi connectivity index (χ0n) is 12.0. The van der Waals surface area contributed by atoms with Crippen molar-refractivity contribution in [1.82, 2.24) is 4.98 Å². The van der Waals surface area contributed by atoms with Crippen molar-refractivity contribution >= 4 is 39.1 Å². The molecular formula is C16H15BrN2OS. The van der Waals surface area contributed by atoms with E-state index in [9.17, 15) is 0 Å². The van der Waals surface area contributed by atoms with Gasteiger partial charge in [0.1, 0.15) is 11.5 Å². The Morgan fingerprint density at radius 3 is 2.71 bits per heavy atom. The number of aliphatic imine (C=N–C) groups is 1. The highest BCUT2D eigenvalue weighted by atomic mass is 79.9. The van der Waals surface area contributed by atoms with Gasteiger partial charge in [-0.1, -0.05) is 0 Å². The molecule has 1 aliphatic heterocycles. The summed E-state index contributed by atoms with van der Waals surface area (Å²) in [4.78, 5) is 9.16. The van der Waals surface area contributed by atoms with Crippen molar-refractivity contribution in [3.63, 3.8) is 0 Å². The fourth-order valence-corrected chi connectivity index (χ4v) is 3.64. The second-order valence-corrected chi connectivity index (χ2v) is 7.36. The third-order valence-electron chi connectivity index (χ3n) is 3.28. The van der Waals surface area contributed by atoms with E-state index in [1.807, 2.05) is 18.2 Å². The lowest BCUT2D eigenvalue weighted by atomic mass is 10.2. The number of halogens is 1. The van der Waals surface area contributed by atoms with Crippen LogP contribution in [-0.2, 0) is 4.74 Å².